The molecule has 1 fully saturated rings. The van der Waals surface area contributed by atoms with Crippen molar-refractivity contribution in [2.75, 3.05) is 13.2 Å². The molecular weight excluding hydrogens is 278 g/mol. The van der Waals surface area contributed by atoms with Crippen LogP contribution in [0.2, 0.25) is 0 Å². The number of carboxylic acids is 1. The van der Waals surface area contributed by atoms with E-state index in [1.807, 2.05) is 0 Å². The quantitative estimate of drug-likeness (QED) is 0.857. The summed E-state index contributed by atoms with van der Waals surface area (Å²) in [5.74, 6) is -1.12. The Hall–Kier alpha value is -0.960. The lowest BCUT2D eigenvalue weighted by atomic mass is 10.3. The van der Waals surface area contributed by atoms with E-state index >= 15 is 0 Å². The lowest BCUT2D eigenvalue weighted by Gasteiger charge is -2.10. The molecule has 0 amide bonds. The van der Waals surface area contributed by atoms with Crippen molar-refractivity contribution < 1.29 is 23.1 Å². The number of aromatic carboxylic acids is 1. The molecule has 0 bridgehead atoms. The third kappa shape index (κ3) is 2.72. The predicted molar refractivity (Wildman–Crippen MR) is 65.6 cm³/mol. The maximum atomic E-state index is 12.1. The minimum Gasteiger partial charge on any atom is -0.477 e. The average molecular weight is 291 g/mol. The number of carboxylic acid groups (broad SMARTS) is 1. The molecule has 2 N–H and O–H groups in total. The van der Waals surface area contributed by atoms with Crippen LogP contribution in [0.3, 0.4) is 0 Å². The van der Waals surface area contributed by atoms with Gasteiger partial charge in [0.1, 0.15) is 4.88 Å². The summed E-state index contributed by atoms with van der Waals surface area (Å²) in [6, 6.07) is 0.961. The number of hydrogen-bond acceptors (Lipinski definition) is 5. The van der Waals surface area contributed by atoms with E-state index in [-0.39, 0.29) is 15.8 Å². The van der Waals surface area contributed by atoms with Crippen molar-refractivity contribution in [1.82, 2.24) is 4.72 Å². The molecule has 0 aromatic carbocycles. The van der Waals surface area contributed by atoms with Crippen molar-refractivity contribution >= 4 is 27.3 Å². The highest BCUT2D eigenvalue weighted by Crippen LogP contribution is 2.26. The summed E-state index contributed by atoms with van der Waals surface area (Å²) < 4.78 is 31.8. The summed E-state index contributed by atoms with van der Waals surface area (Å²) in [5, 5.41) is 8.85. The van der Waals surface area contributed by atoms with Gasteiger partial charge in [0, 0.05) is 17.5 Å². The molecule has 100 valence electrons. The van der Waals surface area contributed by atoms with E-state index in [4.69, 9.17) is 9.84 Å². The highest BCUT2D eigenvalue weighted by atomic mass is 32.2. The second-order valence-corrected chi connectivity index (χ2v) is 6.96. The van der Waals surface area contributed by atoms with Crippen LogP contribution >= 0.6 is 11.3 Å². The molecule has 2 heterocycles. The molecule has 1 aliphatic rings. The molecule has 1 saturated heterocycles. The van der Waals surface area contributed by atoms with E-state index in [0.29, 0.717) is 24.5 Å². The van der Waals surface area contributed by atoms with Gasteiger partial charge in [-0.05, 0) is 19.4 Å². The smallest absolute Gasteiger partial charge is 0.345 e. The van der Waals surface area contributed by atoms with Crippen molar-refractivity contribution in [1.29, 1.82) is 0 Å². The van der Waals surface area contributed by atoms with Crippen LogP contribution in [0.15, 0.2) is 11.0 Å². The van der Waals surface area contributed by atoms with Crippen molar-refractivity contribution in [2.45, 2.75) is 24.3 Å². The summed E-state index contributed by atoms with van der Waals surface area (Å²) >= 11 is 0.957. The van der Waals surface area contributed by atoms with Crippen LogP contribution in [0.4, 0.5) is 0 Å². The average Bonchev–Trinajstić information content (AvgIpc) is 2.86. The third-order valence-corrected chi connectivity index (χ3v) is 5.44. The van der Waals surface area contributed by atoms with Gasteiger partial charge in [-0.15, -0.1) is 11.3 Å². The van der Waals surface area contributed by atoms with Crippen molar-refractivity contribution in [3.8, 4) is 0 Å². The van der Waals surface area contributed by atoms with E-state index in [1.165, 1.54) is 6.07 Å². The van der Waals surface area contributed by atoms with Crippen LogP contribution in [0.25, 0.3) is 0 Å². The van der Waals surface area contributed by atoms with Crippen LogP contribution in [0.5, 0.6) is 0 Å². The molecule has 0 saturated carbocycles. The third-order valence-electron chi connectivity index (χ3n) is 2.62. The number of thiophene rings is 1. The number of nitrogens with one attached hydrogen (secondary N) is 1. The molecule has 1 unspecified atom stereocenters. The molecule has 2 rings (SSSR count). The van der Waals surface area contributed by atoms with E-state index in [0.717, 1.165) is 11.3 Å². The lowest BCUT2D eigenvalue weighted by molar-refractivity contribution is 0.0702. The largest absolute Gasteiger partial charge is 0.477 e. The Kier molecular flexibility index (Phi) is 3.71. The van der Waals surface area contributed by atoms with Crippen LogP contribution in [-0.2, 0) is 14.8 Å². The number of aryl methyl sites for hydroxylation is 1. The fraction of sp³-hybridized carbons (Fsp3) is 0.500. The highest BCUT2D eigenvalue weighted by molar-refractivity contribution is 7.89. The highest BCUT2D eigenvalue weighted by Gasteiger charge is 2.27. The van der Waals surface area contributed by atoms with Crippen molar-refractivity contribution in [3.05, 3.63) is 15.8 Å². The molecule has 0 radical (unpaired) electrons. The van der Waals surface area contributed by atoms with E-state index < -0.39 is 16.0 Å². The lowest BCUT2D eigenvalue weighted by Crippen LogP contribution is -2.35. The van der Waals surface area contributed by atoms with Gasteiger partial charge in [0.15, 0.2) is 0 Å². The Morgan fingerprint density at radius 3 is 2.83 bits per heavy atom. The first kappa shape index (κ1) is 13.5. The van der Waals surface area contributed by atoms with Crippen molar-refractivity contribution in [2.24, 2.45) is 0 Å². The zero-order chi connectivity index (χ0) is 13.3. The summed E-state index contributed by atoms with van der Waals surface area (Å²) in [4.78, 5) is 11.3. The number of hydrogen-bond donors (Lipinski definition) is 2. The Labute approximate surface area is 109 Å². The molecular formula is C10H13NO5S2. The van der Waals surface area contributed by atoms with E-state index in [9.17, 15) is 13.2 Å². The number of sulfonamides is 1. The normalized spacial score (nSPS) is 20.2. The summed E-state index contributed by atoms with van der Waals surface area (Å²) in [5.41, 5.74) is 0. The van der Waals surface area contributed by atoms with Crippen LogP contribution in [-0.4, -0.2) is 38.7 Å². The second-order valence-electron chi connectivity index (χ2n) is 4.02. The first-order valence-electron chi connectivity index (χ1n) is 5.34. The maximum Gasteiger partial charge on any atom is 0.345 e. The van der Waals surface area contributed by atoms with Gasteiger partial charge in [0.05, 0.1) is 11.5 Å². The molecule has 6 nitrogen and oxygen atoms in total. The first-order chi connectivity index (χ1) is 8.40. The number of rotatable bonds is 4. The SMILES string of the molecule is Cc1sc(C(=O)O)cc1S(=O)(=O)NC1CCOC1. The van der Waals surface area contributed by atoms with Gasteiger partial charge in [0.2, 0.25) is 10.0 Å². The first-order valence-corrected chi connectivity index (χ1v) is 7.64. The predicted octanol–water partition coefficient (Wildman–Crippen LogP) is 0.822. The molecule has 1 aromatic heterocycles. The minimum absolute atomic E-state index is 0.0237. The fourth-order valence-electron chi connectivity index (χ4n) is 1.75. The zero-order valence-corrected chi connectivity index (χ0v) is 11.3. The van der Waals surface area contributed by atoms with Crippen LogP contribution < -0.4 is 4.72 Å². The molecule has 18 heavy (non-hydrogen) atoms. The molecule has 8 heteroatoms. The number of ether oxygens (including phenoxy) is 1. The van der Waals surface area contributed by atoms with Gasteiger partial charge in [0.25, 0.3) is 0 Å². The topological polar surface area (TPSA) is 92.7 Å². The van der Waals surface area contributed by atoms with Gasteiger partial charge in [-0.1, -0.05) is 0 Å². The Morgan fingerprint density at radius 2 is 2.33 bits per heavy atom. The molecule has 0 aliphatic carbocycles. The summed E-state index contributed by atoms with van der Waals surface area (Å²) in [6.07, 6.45) is 0.633. The van der Waals surface area contributed by atoms with Crippen LogP contribution in [0, 0.1) is 6.92 Å². The van der Waals surface area contributed by atoms with Gasteiger partial charge in [-0.2, -0.15) is 0 Å². The van der Waals surface area contributed by atoms with Gasteiger partial charge in [-0.3, -0.25) is 0 Å². The van der Waals surface area contributed by atoms with Crippen LogP contribution in [0.1, 0.15) is 21.0 Å². The van der Waals surface area contributed by atoms with E-state index in [1.54, 1.807) is 6.92 Å². The minimum atomic E-state index is -3.67. The maximum absolute atomic E-state index is 12.1. The Balaban J connectivity index is 2.26. The monoisotopic (exact) mass is 291 g/mol. The zero-order valence-electron chi connectivity index (χ0n) is 9.67. The Morgan fingerprint density at radius 1 is 1.61 bits per heavy atom. The van der Waals surface area contributed by atoms with E-state index in [2.05, 4.69) is 4.72 Å². The van der Waals surface area contributed by atoms with Gasteiger partial charge >= 0.3 is 5.97 Å². The number of carbonyl (C=O) groups is 1. The van der Waals surface area contributed by atoms with Gasteiger partial charge < -0.3 is 9.84 Å². The van der Waals surface area contributed by atoms with Gasteiger partial charge in [-0.25, -0.2) is 17.9 Å². The molecule has 1 aliphatic heterocycles. The standard InChI is InChI=1S/C10H13NO5S2/c1-6-9(4-8(17-6)10(12)13)18(14,15)11-7-2-3-16-5-7/h4,7,11H,2-3,5H2,1H3,(H,12,13). The molecule has 1 atom stereocenters. The molecule has 0 spiro atoms. The second kappa shape index (κ2) is 4.96. The summed E-state index contributed by atoms with van der Waals surface area (Å²) in [6.45, 7) is 2.49. The van der Waals surface area contributed by atoms with Crippen molar-refractivity contribution in [3.63, 3.8) is 0 Å². The molecule has 1 aromatic rings. The summed E-state index contributed by atoms with van der Waals surface area (Å²) in [7, 11) is -3.67. The Bertz CT molecular complexity index is 557. The fourth-order valence-corrected chi connectivity index (χ4v) is 4.43.